The Kier molecular flexibility index (Phi) is 2.96. The van der Waals surface area contributed by atoms with Crippen molar-refractivity contribution < 1.29 is 0 Å². The summed E-state index contributed by atoms with van der Waals surface area (Å²) in [5.74, 6) is 0. The van der Waals surface area contributed by atoms with E-state index in [9.17, 15) is 0 Å². The van der Waals surface area contributed by atoms with E-state index in [-0.39, 0.29) is 0 Å². The Morgan fingerprint density at radius 1 is 1.62 bits per heavy atom. The highest BCUT2D eigenvalue weighted by Gasteiger charge is 1.86. The second kappa shape index (κ2) is 3.27. The Morgan fingerprint density at radius 3 is 2.25 bits per heavy atom. The third kappa shape index (κ3) is 2.42. The first-order chi connectivity index (χ1) is 3.68. The van der Waals surface area contributed by atoms with Crippen LogP contribution in [0, 0.1) is 0 Å². The molecule has 0 rings (SSSR count). The minimum Gasteiger partial charge on any atom is -0.373 e. The molecule has 0 bridgehead atoms. The molecule has 0 aliphatic carbocycles. The highest BCUT2D eigenvalue weighted by Crippen LogP contribution is 1.95. The number of allylic oxidation sites excluding steroid dienone is 1. The summed E-state index contributed by atoms with van der Waals surface area (Å²) in [7, 11) is 0. The molecule has 0 saturated carbocycles. The van der Waals surface area contributed by atoms with Gasteiger partial charge in [-0.3, -0.25) is 0 Å². The van der Waals surface area contributed by atoms with Gasteiger partial charge in [-0.2, -0.15) is 0 Å². The van der Waals surface area contributed by atoms with Gasteiger partial charge >= 0.3 is 0 Å². The molecule has 0 unspecified atom stereocenters. The molecule has 0 saturated heterocycles. The fourth-order valence-electron chi connectivity index (χ4n) is 0.274. The van der Waals surface area contributed by atoms with Crippen LogP contribution in [-0.4, -0.2) is 6.67 Å². The number of rotatable bonds is 3. The van der Waals surface area contributed by atoms with E-state index in [0.29, 0.717) is 6.67 Å². The molecule has 0 spiro atoms. The van der Waals surface area contributed by atoms with Gasteiger partial charge in [-0.25, -0.2) is 0 Å². The average Bonchev–Trinajstić information content (AvgIpc) is 1.67. The zero-order chi connectivity index (χ0) is 6.57. The monoisotopic (exact) mass is 112 g/mol. The van der Waals surface area contributed by atoms with Crippen molar-refractivity contribution in [2.24, 2.45) is 5.73 Å². The number of nitrogens with two attached hydrogens (primary N) is 1. The minimum atomic E-state index is 0.422. The molecular weight excluding hydrogens is 100 g/mol. The molecule has 46 valence electrons. The van der Waals surface area contributed by atoms with Crippen molar-refractivity contribution in [3.63, 3.8) is 0 Å². The summed E-state index contributed by atoms with van der Waals surface area (Å²) in [6, 6.07) is 0. The van der Waals surface area contributed by atoms with Crippen LogP contribution in [-0.2, 0) is 0 Å². The zero-order valence-electron chi connectivity index (χ0n) is 5.20. The summed E-state index contributed by atoms with van der Waals surface area (Å²) in [5, 5.41) is 2.83. The molecule has 0 aliphatic rings. The molecule has 0 aromatic rings. The Morgan fingerprint density at radius 2 is 2.12 bits per heavy atom. The van der Waals surface area contributed by atoms with Crippen LogP contribution in [0.25, 0.3) is 0 Å². The van der Waals surface area contributed by atoms with Crippen molar-refractivity contribution in [3.05, 3.63) is 24.4 Å². The van der Waals surface area contributed by atoms with Crippen molar-refractivity contribution in [1.82, 2.24) is 5.32 Å². The minimum absolute atomic E-state index is 0.422. The molecule has 0 fully saturated rings. The molecule has 0 atom stereocenters. The lowest BCUT2D eigenvalue weighted by atomic mass is 10.3. The van der Waals surface area contributed by atoms with Crippen LogP contribution in [0.1, 0.15) is 6.92 Å². The Labute approximate surface area is 50.1 Å². The van der Waals surface area contributed by atoms with Gasteiger partial charge in [0.15, 0.2) is 0 Å². The molecule has 0 amide bonds. The number of hydrogen-bond donors (Lipinski definition) is 2. The number of hydrogen-bond acceptors (Lipinski definition) is 2. The Hall–Kier alpha value is -0.760. The summed E-state index contributed by atoms with van der Waals surface area (Å²) in [6.45, 7) is 9.61. The van der Waals surface area contributed by atoms with Gasteiger partial charge in [0.2, 0.25) is 0 Å². The second-order valence-corrected chi connectivity index (χ2v) is 1.64. The van der Waals surface area contributed by atoms with Crippen LogP contribution in [0.5, 0.6) is 0 Å². The molecule has 2 heteroatoms. The molecule has 0 heterocycles. The zero-order valence-corrected chi connectivity index (χ0v) is 5.20. The maximum atomic E-state index is 5.15. The van der Waals surface area contributed by atoms with Gasteiger partial charge in [0.25, 0.3) is 0 Å². The van der Waals surface area contributed by atoms with Gasteiger partial charge in [0, 0.05) is 5.70 Å². The quantitative estimate of drug-likeness (QED) is 0.414. The van der Waals surface area contributed by atoms with E-state index >= 15 is 0 Å². The van der Waals surface area contributed by atoms with Gasteiger partial charge in [-0.1, -0.05) is 13.2 Å². The predicted octanol–water partition coefficient (Wildman–Crippen LogP) is 0.582. The fourth-order valence-corrected chi connectivity index (χ4v) is 0.274. The average molecular weight is 112 g/mol. The number of nitrogens with one attached hydrogen (secondary N) is 1. The van der Waals surface area contributed by atoms with Crippen molar-refractivity contribution in [2.75, 3.05) is 6.67 Å². The van der Waals surface area contributed by atoms with Gasteiger partial charge in [0.05, 0.1) is 6.67 Å². The van der Waals surface area contributed by atoms with E-state index in [1.54, 1.807) is 0 Å². The van der Waals surface area contributed by atoms with Crippen LogP contribution in [0.2, 0.25) is 0 Å². The SMILES string of the molecule is C=C(C)C(=C)NCN. The van der Waals surface area contributed by atoms with E-state index in [2.05, 4.69) is 18.5 Å². The first-order valence-corrected chi connectivity index (χ1v) is 2.47. The largest absolute Gasteiger partial charge is 0.373 e. The normalized spacial score (nSPS) is 8.25. The Bertz CT molecular complexity index is 105. The fraction of sp³-hybridized carbons (Fsp3) is 0.333. The Balaban J connectivity index is 3.49. The van der Waals surface area contributed by atoms with Crippen molar-refractivity contribution in [2.45, 2.75) is 6.92 Å². The van der Waals surface area contributed by atoms with Crippen LogP contribution in [0.15, 0.2) is 24.4 Å². The van der Waals surface area contributed by atoms with Crippen molar-refractivity contribution in [3.8, 4) is 0 Å². The van der Waals surface area contributed by atoms with Gasteiger partial charge in [-0.15, -0.1) is 0 Å². The second-order valence-electron chi connectivity index (χ2n) is 1.64. The summed E-state index contributed by atoms with van der Waals surface area (Å²) in [5.41, 5.74) is 6.89. The molecular formula is C6H12N2. The van der Waals surface area contributed by atoms with E-state index in [1.165, 1.54) is 0 Å². The molecule has 0 aromatic heterocycles. The molecule has 0 aliphatic heterocycles. The highest BCUT2D eigenvalue weighted by molar-refractivity contribution is 5.20. The third-order valence-electron chi connectivity index (χ3n) is 0.831. The van der Waals surface area contributed by atoms with E-state index in [1.807, 2.05) is 6.92 Å². The maximum Gasteiger partial charge on any atom is 0.0627 e. The van der Waals surface area contributed by atoms with E-state index < -0.39 is 0 Å². The summed E-state index contributed by atoms with van der Waals surface area (Å²) in [4.78, 5) is 0. The van der Waals surface area contributed by atoms with Gasteiger partial charge in [-0.05, 0) is 12.5 Å². The van der Waals surface area contributed by atoms with E-state index in [0.717, 1.165) is 11.3 Å². The first kappa shape index (κ1) is 7.24. The smallest absolute Gasteiger partial charge is 0.0627 e. The van der Waals surface area contributed by atoms with Crippen molar-refractivity contribution in [1.29, 1.82) is 0 Å². The third-order valence-corrected chi connectivity index (χ3v) is 0.831. The van der Waals surface area contributed by atoms with Crippen LogP contribution >= 0.6 is 0 Å². The topological polar surface area (TPSA) is 38.0 Å². The predicted molar refractivity (Wildman–Crippen MR) is 36.1 cm³/mol. The molecule has 8 heavy (non-hydrogen) atoms. The van der Waals surface area contributed by atoms with Crippen LogP contribution in [0.4, 0.5) is 0 Å². The summed E-state index contributed by atoms with van der Waals surface area (Å²) >= 11 is 0. The van der Waals surface area contributed by atoms with Crippen LogP contribution in [0.3, 0.4) is 0 Å². The first-order valence-electron chi connectivity index (χ1n) is 2.47. The maximum absolute atomic E-state index is 5.15. The van der Waals surface area contributed by atoms with E-state index in [4.69, 9.17) is 5.73 Å². The molecule has 2 nitrogen and oxygen atoms in total. The van der Waals surface area contributed by atoms with Gasteiger partial charge < -0.3 is 11.1 Å². The van der Waals surface area contributed by atoms with Crippen molar-refractivity contribution >= 4 is 0 Å². The lowest BCUT2D eigenvalue weighted by molar-refractivity contribution is 0.839. The molecule has 0 radical (unpaired) electrons. The standard InChI is InChI=1S/C6H12N2/c1-5(2)6(3)8-4-7/h8H,1,3-4,7H2,2H3. The highest BCUT2D eigenvalue weighted by atomic mass is 15.0. The molecule has 3 N–H and O–H groups in total. The van der Waals surface area contributed by atoms with Crippen LogP contribution < -0.4 is 11.1 Å². The summed E-state index contributed by atoms with van der Waals surface area (Å²) < 4.78 is 0. The molecule has 0 aromatic carbocycles. The summed E-state index contributed by atoms with van der Waals surface area (Å²) in [6.07, 6.45) is 0. The lowest BCUT2D eigenvalue weighted by Gasteiger charge is -2.03. The lowest BCUT2D eigenvalue weighted by Crippen LogP contribution is -2.21. The van der Waals surface area contributed by atoms with Gasteiger partial charge in [0.1, 0.15) is 0 Å².